The minimum Gasteiger partial charge on any atom is -0.477 e. The molecule has 0 spiro atoms. The lowest BCUT2D eigenvalue weighted by Crippen LogP contribution is -2.20. The maximum Gasteiger partial charge on any atom is 0.348 e. The Balaban J connectivity index is 2.03. The molecule has 0 fully saturated rings. The molecule has 0 atom stereocenters. The monoisotopic (exact) mass is 287 g/mol. The molecule has 20 heavy (non-hydrogen) atoms. The van der Waals surface area contributed by atoms with Gasteiger partial charge in [0, 0.05) is 5.69 Å². The van der Waals surface area contributed by atoms with E-state index in [9.17, 15) is 9.59 Å². The van der Waals surface area contributed by atoms with Gasteiger partial charge in [-0.05, 0) is 35.7 Å². The molecule has 0 aliphatic carbocycles. The zero-order valence-corrected chi connectivity index (χ0v) is 10.9. The lowest BCUT2D eigenvalue weighted by molar-refractivity contribution is 0.0703. The summed E-state index contributed by atoms with van der Waals surface area (Å²) in [6.07, 6.45) is 0. The smallest absolute Gasteiger partial charge is 0.348 e. The molecule has 0 bridgehead atoms. The van der Waals surface area contributed by atoms with Crippen molar-refractivity contribution in [3.05, 3.63) is 46.2 Å². The van der Waals surface area contributed by atoms with Crippen molar-refractivity contribution >= 4 is 34.7 Å². The fourth-order valence-corrected chi connectivity index (χ4v) is 2.17. The second-order valence-corrected chi connectivity index (χ2v) is 4.65. The number of benzene rings is 1. The Labute approximate surface area is 118 Å². The van der Waals surface area contributed by atoms with Crippen LogP contribution in [-0.2, 0) is 0 Å². The molecule has 0 aliphatic heterocycles. The molecule has 0 unspecified atom stereocenters. The fourth-order valence-electron chi connectivity index (χ4n) is 1.49. The average molecular weight is 287 g/mol. The van der Waals surface area contributed by atoms with Crippen molar-refractivity contribution < 1.29 is 14.7 Å². The van der Waals surface area contributed by atoms with Crippen LogP contribution in [0.5, 0.6) is 0 Å². The molecule has 0 saturated heterocycles. The number of hydrogen-bond acceptors (Lipinski definition) is 4. The lowest BCUT2D eigenvalue weighted by Gasteiger charge is -2.07. The Morgan fingerprint density at radius 1 is 1.15 bits per heavy atom. The van der Waals surface area contributed by atoms with Crippen LogP contribution in [-0.4, -0.2) is 17.1 Å². The predicted octanol–water partition coefficient (Wildman–Crippen LogP) is 2.96. The van der Waals surface area contributed by atoms with Crippen molar-refractivity contribution in [3.63, 3.8) is 0 Å². The average Bonchev–Trinajstić information content (AvgIpc) is 2.87. The zero-order chi connectivity index (χ0) is 14.5. The van der Waals surface area contributed by atoms with Crippen LogP contribution >= 0.6 is 11.3 Å². The van der Waals surface area contributed by atoms with Crippen LogP contribution in [0.25, 0.3) is 0 Å². The lowest BCUT2D eigenvalue weighted by atomic mass is 10.2. The van der Waals surface area contributed by atoms with E-state index in [4.69, 9.17) is 10.4 Å². The number of anilines is 2. The Bertz CT molecular complexity index is 686. The molecule has 3 N–H and O–H groups in total. The summed E-state index contributed by atoms with van der Waals surface area (Å²) in [5.41, 5.74) is 1.24. The van der Waals surface area contributed by atoms with Crippen molar-refractivity contribution in [2.24, 2.45) is 0 Å². The zero-order valence-electron chi connectivity index (χ0n) is 10.1. The summed E-state index contributed by atoms with van der Waals surface area (Å²) >= 11 is 1.03. The Hall–Kier alpha value is -2.85. The molecule has 1 aromatic heterocycles. The molecule has 2 amide bonds. The first-order chi connectivity index (χ1) is 9.60. The molecule has 100 valence electrons. The number of hydrogen-bond donors (Lipinski definition) is 3. The minimum atomic E-state index is -1.09. The SMILES string of the molecule is N#Cc1ccc(NC(=O)Nc2ccsc2C(=O)O)cc1. The van der Waals surface area contributed by atoms with E-state index in [1.807, 2.05) is 6.07 Å². The summed E-state index contributed by atoms with van der Waals surface area (Å²) in [6, 6.07) is 9.27. The molecule has 0 aliphatic rings. The van der Waals surface area contributed by atoms with Crippen LogP contribution in [0.4, 0.5) is 16.2 Å². The van der Waals surface area contributed by atoms with Gasteiger partial charge in [-0.1, -0.05) is 0 Å². The van der Waals surface area contributed by atoms with Gasteiger partial charge in [-0.25, -0.2) is 9.59 Å². The number of carboxylic acids is 1. The highest BCUT2D eigenvalue weighted by molar-refractivity contribution is 7.12. The molecule has 1 heterocycles. The number of urea groups is 1. The topological polar surface area (TPSA) is 102 Å². The number of nitrogens with zero attached hydrogens (tertiary/aromatic N) is 1. The van der Waals surface area contributed by atoms with Crippen molar-refractivity contribution in [3.8, 4) is 6.07 Å². The van der Waals surface area contributed by atoms with E-state index in [-0.39, 0.29) is 10.6 Å². The van der Waals surface area contributed by atoms with Gasteiger partial charge >= 0.3 is 12.0 Å². The summed E-state index contributed by atoms with van der Waals surface area (Å²) in [4.78, 5) is 22.7. The summed E-state index contributed by atoms with van der Waals surface area (Å²) in [6.45, 7) is 0. The molecule has 1 aromatic carbocycles. The number of aromatic carboxylic acids is 1. The van der Waals surface area contributed by atoms with E-state index in [0.717, 1.165) is 11.3 Å². The maximum absolute atomic E-state index is 11.7. The van der Waals surface area contributed by atoms with Crippen molar-refractivity contribution in [1.82, 2.24) is 0 Å². The molecule has 2 rings (SSSR count). The van der Waals surface area contributed by atoms with Crippen molar-refractivity contribution in [2.45, 2.75) is 0 Å². The molecule has 0 saturated carbocycles. The maximum atomic E-state index is 11.7. The van der Waals surface area contributed by atoms with Crippen LogP contribution < -0.4 is 10.6 Å². The Morgan fingerprint density at radius 3 is 2.45 bits per heavy atom. The molecule has 6 nitrogen and oxygen atoms in total. The third-order valence-corrected chi connectivity index (χ3v) is 3.28. The van der Waals surface area contributed by atoms with Gasteiger partial charge < -0.3 is 15.7 Å². The van der Waals surface area contributed by atoms with Gasteiger partial charge in [0.25, 0.3) is 0 Å². The normalized spacial score (nSPS) is 9.55. The molecule has 7 heteroatoms. The standard InChI is InChI=1S/C13H9N3O3S/c14-7-8-1-3-9(4-2-8)15-13(19)16-10-5-6-20-11(10)12(17)18/h1-6H,(H,17,18)(H2,15,16,19). The first-order valence-electron chi connectivity index (χ1n) is 5.49. The third-order valence-electron chi connectivity index (χ3n) is 2.38. The van der Waals surface area contributed by atoms with Gasteiger partial charge in [0.15, 0.2) is 0 Å². The van der Waals surface area contributed by atoms with Crippen LogP contribution in [0, 0.1) is 11.3 Å². The molecular weight excluding hydrogens is 278 g/mol. The molecule has 0 radical (unpaired) electrons. The van der Waals surface area contributed by atoms with E-state index in [0.29, 0.717) is 11.3 Å². The van der Waals surface area contributed by atoms with Crippen molar-refractivity contribution in [1.29, 1.82) is 5.26 Å². The van der Waals surface area contributed by atoms with Crippen LogP contribution in [0.3, 0.4) is 0 Å². The van der Waals surface area contributed by atoms with E-state index in [1.165, 1.54) is 6.07 Å². The number of nitrogens with one attached hydrogen (secondary N) is 2. The van der Waals surface area contributed by atoms with Gasteiger partial charge in [0.1, 0.15) is 4.88 Å². The van der Waals surface area contributed by atoms with Gasteiger partial charge in [0.2, 0.25) is 0 Å². The number of nitriles is 1. The van der Waals surface area contributed by atoms with Crippen molar-refractivity contribution in [2.75, 3.05) is 10.6 Å². The molecule has 2 aromatic rings. The predicted molar refractivity (Wildman–Crippen MR) is 75.1 cm³/mol. The fraction of sp³-hybridized carbons (Fsp3) is 0. The van der Waals surface area contributed by atoms with E-state index >= 15 is 0 Å². The van der Waals surface area contributed by atoms with Gasteiger partial charge in [0.05, 0.1) is 17.3 Å². The van der Waals surface area contributed by atoms with E-state index < -0.39 is 12.0 Å². The summed E-state index contributed by atoms with van der Waals surface area (Å²) in [5, 5.41) is 24.2. The number of thiophene rings is 1. The van der Waals surface area contributed by atoms with Gasteiger partial charge in [-0.2, -0.15) is 5.26 Å². The summed E-state index contributed by atoms with van der Waals surface area (Å²) in [7, 11) is 0. The van der Waals surface area contributed by atoms with Crippen LogP contribution in [0.1, 0.15) is 15.2 Å². The third kappa shape index (κ3) is 3.13. The Morgan fingerprint density at radius 2 is 1.85 bits per heavy atom. The largest absolute Gasteiger partial charge is 0.477 e. The number of carbonyl (C=O) groups excluding carboxylic acids is 1. The Kier molecular flexibility index (Phi) is 3.98. The quantitative estimate of drug-likeness (QED) is 0.807. The van der Waals surface area contributed by atoms with Crippen LogP contribution in [0.15, 0.2) is 35.7 Å². The summed E-state index contributed by atoms with van der Waals surface area (Å²) < 4.78 is 0. The molecular formula is C13H9N3O3S. The second-order valence-electron chi connectivity index (χ2n) is 3.74. The highest BCUT2D eigenvalue weighted by Crippen LogP contribution is 2.22. The number of rotatable bonds is 3. The van der Waals surface area contributed by atoms with Gasteiger partial charge in [-0.15, -0.1) is 11.3 Å². The van der Waals surface area contributed by atoms with Gasteiger partial charge in [-0.3, -0.25) is 0 Å². The first kappa shape index (κ1) is 13.6. The second kappa shape index (κ2) is 5.86. The van der Waals surface area contributed by atoms with E-state index in [2.05, 4.69) is 10.6 Å². The highest BCUT2D eigenvalue weighted by Gasteiger charge is 2.13. The first-order valence-corrected chi connectivity index (χ1v) is 6.37. The summed E-state index contributed by atoms with van der Waals surface area (Å²) in [5.74, 6) is -1.09. The van der Waals surface area contributed by atoms with E-state index in [1.54, 1.807) is 29.6 Å². The van der Waals surface area contributed by atoms with Crippen LogP contribution in [0.2, 0.25) is 0 Å². The number of carbonyl (C=O) groups is 2. The minimum absolute atomic E-state index is 0.0694. The number of carboxylic acid groups (broad SMARTS) is 1. The number of amides is 2. The highest BCUT2D eigenvalue weighted by atomic mass is 32.1.